The number of halogens is 1. The number of hydrogen-bond donors (Lipinski definition) is 2. The quantitative estimate of drug-likeness (QED) is 0.301. The van der Waals surface area contributed by atoms with Crippen LogP contribution in [0.5, 0.6) is 5.75 Å². The van der Waals surface area contributed by atoms with Gasteiger partial charge in [0.05, 0.1) is 39.8 Å². The van der Waals surface area contributed by atoms with Crippen LogP contribution in [0.25, 0.3) is 0 Å². The van der Waals surface area contributed by atoms with Gasteiger partial charge in [0.2, 0.25) is 5.91 Å². The van der Waals surface area contributed by atoms with Gasteiger partial charge in [0.15, 0.2) is 0 Å². The predicted molar refractivity (Wildman–Crippen MR) is 88.9 cm³/mol. The second-order valence-corrected chi connectivity index (χ2v) is 6.15. The lowest BCUT2D eigenvalue weighted by Gasteiger charge is -2.37. The molecule has 0 saturated carbocycles. The van der Waals surface area contributed by atoms with Gasteiger partial charge in [-0.1, -0.05) is 0 Å². The third-order valence-corrected chi connectivity index (χ3v) is 4.21. The van der Waals surface area contributed by atoms with Gasteiger partial charge in [-0.05, 0) is 19.1 Å². The fourth-order valence-corrected chi connectivity index (χ4v) is 2.59. The normalized spacial score (nSPS) is 15.8. The molecule has 1 fully saturated rings. The highest BCUT2D eigenvalue weighted by atomic mass is 127. The molecule has 0 radical (unpaired) electrons. The number of hydrogen-bond acceptors (Lipinski definition) is 5. The zero-order valence-electron chi connectivity index (χ0n) is 14.6. The van der Waals surface area contributed by atoms with E-state index in [1.807, 2.05) is 0 Å². The molecule has 1 saturated heterocycles. The Morgan fingerprint density at radius 2 is 2.00 bits per heavy atom. The van der Waals surface area contributed by atoms with Crippen LogP contribution in [-0.4, -0.2) is 68.0 Å². The minimum Gasteiger partial charge on any atom is -1.00 e. The van der Waals surface area contributed by atoms with Crippen LogP contribution in [0, 0.1) is 0 Å². The number of phenolic OH excluding ortho intramolecular Hbond substituents is 1. The molecule has 1 aromatic carbocycles. The molecular formula is C17H25IN2O5. The number of anilines is 1. The van der Waals surface area contributed by atoms with Gasteiger partial charge in [-0.15, -0.1) is 0 Å². The first-order valence-electron chi connectivity index (χ1n) is 8.15. The van der Waals surface area contributed by atoms with Crippen LogP contribution in [0.3, 0.4) is 0 Å². The van der Waals surface area contributed by atoms with Gasteiger partial charge in [-0.3, -0.25) is 4.79 Å². The number of likely N-dealkylation sites (N-methyl/N-ethyl adjacent to an activating group) is 1. The lowest BCUT2D eigenvalue weighted by atomic mass is 10.1. The molecule has 7 nitrogen and oxygen atoms in total. The number of phenols is 1. The molecule has 1 heterocycles. The molecule has 0 aliphatic carbocycles. The van der Waals surface area contributed by atoms with Gasteiger partial charge in [0.25, 0.3) is 0 Å². The van der Waals surface area contributed by atoms with Gasteiger partial charge in [0, 0.05) is 11.8 Å². The molecule has 1 aromatic rings. The molecule has 2 N–H and O–H groups in total. The second-order valence-electron chi connectivity index (χ2n) is 6.15. The first kappa shape index (κ1) is 21.7. The molecule has 1 amide bonds. The summed E-state index contributed by atoms with van der Waals surface area (Å²) in [4.78, 5) is 23.7. The zero-order chi connectivity index (χ0) is 17.6. The minimum absolute atomic E-state index is 0. The molecule has 1 aliphatic rings. The van der Waals surface area contributed by atoms with Crippen molar-refractivity contribution >= 4 is 17.6 Å². The van der Waals surface area contributed by atoms with E-state index >= 15 is 0 Å². The molecular weight excluding hydrogens is 439 g/mol. The van der Waals surface area contributed by atoms with E-state index in [4.69, 9.17) is 9.47 Å². The third-order valence-electron chi connectivity index (χ3n) is 4.21. The van der Waals surface area contributed by atoms with Crippen molar-refractivity contribution in [2.24, 2.45) is 0 Å². The summed E-state index contributed by atoms with van der Waals surface area (Å²) in [7, 11) is 2.12. The van der Waals surface area contributed by atoms with Crippen molar-refractivity contribution in [2.75, 3.05) is 51.8 Å². The first-order chi connectivity index (χ1) is 11.4. The van der Waals surface area contributed by atoms with Crippen LogP contribution in [0.1, 0.15) is 23.7 Å². The zero-order valence-corrected chi connectivity index (χ0v) is 16.7. The fourth-order valence-electron chi connectivity index (χ4n) is 2.59. The summed E-state index contributed by atoms with van der Waals surface area (Å²) in [6.07, 6.45) is 0.386. The lowest BCUT2D eigenvalue weighted by molar-refractivity contribution is -0.916. The van der Waals surface area contributed by atoms with Crippen LogP contribution in [0.4, 0.5) is 5.69 Å². The Kier molecular flexibility index (Phi) is 8.60. The number of nitrogens with zero attached hydrogens (tertiary/aromatic N) is 1. The molecule has 0 unspecified atom stereocenters. The molecule has 2 rings (SSSR count). The Bertz CT molecular complexity index is 603. The number of carbonyl (C=O) groups is 2. The summed E-state index contributed by atoms with van der Waals surface area (Å²) in [5.74, 6) is -0.917. The maximum absolute atomic E-state index is 12.1. The standard InChI is InChI=1S/C17H24N2O5.HI/c1-3-24-17(22)14-5-4-13(12-15(14)20)18-16(21)6-7-19(2)8-10-23-11-9-19;/h4-5,12H,3,6-11H2,1-2H3,(H-,18,20,21,22);1H. The SMILES string of the molecule is CCOC(=O)c1ccc(NC(=O)CC[N+]2(C)CCOCC2)cc1O.[I-]. The topological polar surface area (TPSA) is 84.9 Å². The molecule has 8 heteroatoms. The van der Waals surface area contributed by atoms with E-state index in [2.05, 4.69) is 12.4 Å². The van der Waals surface area contributed by atoms with Crippen molar-refractivity contribution in [1.82, 2.24) is 0 Å². The van der Waals surface area contributed by atoms with Crippen molar-refractivity contribution in [1.29, 1.82) is 0 Å². The summed E-state index contributed by atoms with van der Waals surface area (Å²) < 4.78 is 11.0. The van der Waals surface area contributed by atoms with E-state index in [-0.39, 0.29) is 47.8 Å². The number of esters is 1. The summed E-state index contributed by atoms with van der Waals surface area (Å²) in [5.41, 5.74) is 0.538. The molecule has 0 spiro atoms. The average molecular weight is 464 g/mol. The van der Waals surface area contributed by atoms with Crippen molar-refractivity contribution in [2.45, 2.75) is 13.3 Å². The monoisotopic (exact) mass is 464 g/mol. The number of aromatic hydroxyl groups is 1. The smallest absolute Gasteiger partial charge is 0.341 e. The summed E-state index contributed by atoms with van der Waals surface area (Å²) >= 11 is 0. The maximum Gasteiger partial charge on any atom is 0.341 e. The molecule has 0 bridgehead atoms. The highest BCUT2D eigenvalue weighted by Crippen LogP contribution is 2.23. The average Bonchev–Trinajstić information content (AvgIpc) is 2.54. The molecule has 1 aliphatic heterocycles. The van der Waals surface area contributed by atoms with Gasteiger partial charge >= 0.3 is 5.97 Å². The van der Waals surface area contributed by atoms with Gasteiger partial charge in [0.1, 0.15) is 24.4 Å². The largest absolute Gasteiger partial charge is 1.00 e. The van der Waals surface area contributed by atoms with E-state index in [0.29, 0.717) is 12.1 Å². The van der Waals surface area contributed by atoms with Crippen LogP contribution in [0.15, 0.2) is 18.2 Å². The Morgan fingerprint density at radius 1 is 1.32 bits per heavy atom. The van der Waals surface area contributed by atoms with Crippen molar-refractivity contribution < 1.29 is 52.6 Å². The fraction of sp³-hybridized carbons (Fsp3) is 0.529. The Labute approximate surface area is 164 Å². The van der Waals surface area contributed by atoms with E-state index in [0.717, 1.165) is 37.3 Å². The summed E-state index contributed by atoms with van der Waals surface area (Å²) in [6, 6.07) is 4.38. The number of benzene rings is 1. The lowest BCUT2D eigenvalue weighted by Crippen LogP contribution is -3.00. The Hall–Kier alpha value is -1.39. The van der Waals surface area contributed by atoms with Crippen LogP contribution >= 0.6 is 0 Å². The van der Waals surface area contributed by atoms with Gasteiger partial charge in [-0.25, -0.2) is 4.79 Å². The summed E-state index contributed by atoms with van der Waals surface area (Å²) in [5, 5.41) is 12.7. The molecule has 0 atom stereocenters. The van der Waals surface area contributed by atoms with Gasteiger partial charge < -0.3 is 48.4 Å². The van der Waals surface area contributed by atoms with Crippen LogP contribution < -0.4 is 29.3 Å². The van der Waals surface area contributed by atoms with Crippen LogP contribution in [-0.2, 0) is 14.3 Å². The second kappa shape index (κ2) is 9.93. The minimum atomic E-state index is -0.586. The first-order valence-corrected chi connectivity index (χ1v) is 8.15. The highest BCUT2D eigenvalue weighted by Gasteiger charge is 2.25. The predicted octanol–water partition coefficient (Wildman–Crippen LogP) is -1.62. The third kappa shape index (κ3) is 6.44. The van der Waals surface area contributed by atoms with E-state index in [9.17, 15) is 14.7 Å². The van der Waals surface area contributed by atoms with Crippen molar-refractivity contribution in [3.05, 3.63) is 23.8 Å². The van der Waals surface area contributed by atoms with Crippen LogP contribution in [0.2, 0.25) is 0 Å². The molecule has 25 heavy (non-hydrogen) atoms. The van der Waals surface area contributed by atoms with E-state index < -0.39 is 5.97 Å². The van der Waals surface area contributed by atoms with Gasteiger partial charge in [-0.2, -0.15) is 0 Å². The number of rotatable bonds is 6. The number of amides is 1. The molecule has 140 valence electrons. The Balaban J connectivity index is 0.00000312. The van der Waals surface area contributed by atoms with Crippen molar-refractivity contribution in [3.8, 4) is 5.75 Å². The summed E-state index contributed by atoms with van der Waals surface area (Å²) in [6.45, 7) is 5.93. The van der Waals surface area contributed by atoms with Crippen molar-refractivity contribution in [3.63, 3.8) is 0 Å². The number of morpholine rings is 1. The highest BCUT2D eigenvalue weighted by molar-refractivity contribution is 5.95. The Morgan fingerprint density at radius 3 is 2.60 bits per heavy atom. The maximum atomic E-state index is 12.1. The van der Waals surface area contributed by atoms with E-state index in [1.165, 1.54) is 12.1 Å². The number of quaternary nitrogens is 1. The molecule has 0 aromatic heterocycles. The number of ether oxygens (including phenoxy) is 2. The number of nitrogens with one attached hydrogen (secondary N) is 1. The number of carbonyl (C=O) groups excluding carboxylic acids is 2. The van der Waals surface area contributed by atoms with E-state index in [1.54, 1.807) is 13.0 Å².